The van der Waals surface area contributed by atoms with E-state index in [2.05, 4.69) is 5.32 Å². The second kappa shape index (κ2) is 5.27. The average molecular weight is 249 g/mol. The van der Waals surface area contributed by atoms with Crippen molar-refractivity contribution in [1.82, 2.24) is 5.32 Å². The number of methoxy groups -OCH3 is 1. The molecular weight excluding hydrogens is 235 g/mol. The molecule has 0 fully saturated rings. The van der Waals surface area contributed by atoms with Gasteiger partial charge in [0.25, 0.3) is 0 Å². The largest absolute Gasteiger partial charge is 0.504 e. The van der Waals surface area contributed by atoms with E-state index in [1.54, 1.807) is 0 Å². The molecule has 1 unspecified atom stereocenters. The molecule has 0 amide bonds. The number of halogens is 3. The van der Waals surface area contributed by atoms with E-state index >= 15 is 0 Å². The average Bonchev–Trinajstić information content (AvgIpc) is 2.25. The van der Waals surface area contributed by atoms with Crippen molar-refractivity contribution in [1.29, 1.82) is 0 Å². The van der Waals surface area contributed by atoms with Crippen LogP contribution in [0, 0.1) is 0 Å². The Bertz CT molecular complexity index is 379. The Morgan fingerprint density at radius 3 is 2.53 bits per heavy atom. The summed E-state index contributed by atoms with van der Waals surface area (Å²) in [6.07, 6.45) is -4.34. The first-order chi connectivity index (χ1) is 7.90. The van der Waals surface area contributed by atoms with Gasteiger partial charge in [0.05, 0.1) is 13.0 Å². The van der Waals surface area contributed by atoms with Gasteiger partial charge in [0.15, 0.2) is 11.5 Å². The maximum atomic E-state index is 12.8. The van der Waals surface area contributed by atoms with Crippen molar-refractivity contribution < 1.29 is 23.0 Å². The number of hydrogen-bond donors (Lipinski definition) is 2. The fraction of sp³-hybridized carbons (Fsp3) is 0.455. The number of likely N-dealkylation sites (N-methyl/N-ethyl adjacent to an activating group) is 1. The van der Waals surface area contributed by atoms with Gasteiger partial charge >= 0.3 is 6.18 Å². The van der Waals surface area contributed by atoms with Crippen molar-refractivity contribution in [3.63, 3.8) is 0 Å². The SMILES string of the molecule is CNCC(c1ccc(O)c(OC)c1)C(F)(F)F. The zero-order chi connectivity index (χ0) is 13.1. The summed E-state index contributed by atoms with van der Waals surface area (Å²) >= 11 is 0. The van der Waals surface area contributed by atoms with E-state index in [0.29, 0.717) is 0 Å². The molecule has 0 aromatic heterocycles. The third kappa shape index (κ3) is 3.26. The molecule has 0 heterocycles. The molecule has 96 valence electrons. The van der Waals surface area contributed by atoms with Crippen LogP contribution in [0.1, 0.15) is 11.5 Å². The minimum Gasteiger partial charge on any atom is -0.504 e. The summed E-state index contributed by atoms with van der Waals surface area (Å²) in [6.45, 7) is -0.225. The zero-order valence-corrected chi connectivity index (χ0v) is 9.51. The fourth-order valence-corrected chi connectivity index (χ4v) is 1.54. The Labute approximate surface area is 97.2 Å². The molecule has 0 saturated carbocycles. The van der Waals surface area contributed by atoms with E-state index in [-0.39, 0.29) is 23.6 Å². The molecule has 0 aliphatic carbocycles. The Hall–Kier alpha value is -1.43. The molecule has 1 aromatic carbocycles. The molecule has 0 spiro atoms. The van der Waals surface area contributed by atoms with E-state index in [4.69, 9.17) is 4.74 Å². The van der Waals surface area contributed by atoms with Crippen LogP contribution >= 0.6 is 0 Å². The van der Waals surface area contributed by atoms with E-state index in [0.717, 1.165) is 0 Å². The molecule has 0 saturated heterocycles. The Balaban J connectivity index is 3.10. The molecule has 0 bridgehead atoms. The van der Waals surface area contributed by atoms with E-state index in [1.807, 2.05) is 0 Å². The van der Waals surface area contributed by atoms with Gasteiger partial charge in [0.2, 0.25) is 0 Å². The van der Waals surface area contributed by atoms with Crippen molar-refractivity contribution in [3.8, 4) is 11.5 Å². The first kappa shape index (κ1) is 13.6. The van der Waals surface area contributed by atoms with Crippen LogP contribution in [0.25, 0.3) is 0 Å². The molecule has 1 atom stereocenters. The number of alkyl halides is 3. The summed E-state index contributed by atoms with van der Waals surface area (Å²) in [5.41, 5.74) is 0.0569. The summed E-state index contributed by atoms with van der Waals surface area (Å²) < 4.78 is 43.1. The van der Waals surface area contributed by atoms with Crippen LogP contribution in [0.15, 0.2) is 18.2 Å². The van der Waals surface area contributed by atoms with Gasteiger partial charge in [-0.2, -0.15) is 13.2 Å². The molecule has 0 radical (unpaired) electrons. The molecule has 1 aromatic rings. The topological polar surface area (TPSA) is 41.5 Å². The molecule has 2 N–H and O–H groups in total. The minimum absolute atomic E-state index is 0.0350. The van der Waals surface area contributed by atoms with Crippen LogP contribution < -0.4 is 10.1 Å². The first-order valence-corrected chi connectivity index (χ1v) is 4.98. The van der Waals surface area contributed by atoms with Gasteiger partial charge in [-0.05, 0) is 24.7 Å². The molecule has 0 aliphatic heterocycles. The predicted octanol–water partition coefficient (Wildman–Crippen LogP) is 2.27. The minimum atomic E-state index is -4.34. The van der Waals surface area contributed by atoms with Gasteiger partial charge in [0, 0.05) is 6.54 Å². The van der Waals surface area contributed by atoms with Crippen molar-refractivity contribution in [2.75, 3.05) is 20.7 Å². The van der Waals surface area contributed by atoms with Crippen LogP contribution in [-0.4, -0.2) is 32.0 Å². The standard InChI is InChI=1S/C11H14F3NO2/c1-15-6-8(11(12,13)14)7-3-4-9(16)10(5-7)17-2/h3-5,8,15-16H,6H2,1-2H3. The molecule has 0 aliphatic rings. The third-order valence-electron chi connectivity index (χ3n) is 2.41. The highest BCUT2D eigenvalue weighted by molar-refractivity contribution is 5.43. The molecule has 3 nitrogen and oxygen atoms in total. The Morgan fingerprint density at radius 1 is 1.41 bits per heavy atom. The lowest BCUT2D eigenvalue weighted by Crippen LogP contribution is -2.29. The predicted molar refractivity (Wildman–Crippen MR) is 57.4 cm³/mol. The highest BCUT2D eigenvalue weighted by Crippen LogP contribution is 2.37. The lowest BCUT2D eigenvalue weighted by molar-refractivity contribution is -0.149. The van der Waals surface area contributed by atoms with Crippen molar-refractivity contribution in [2.45, 2.75) is 12.1 Å². The van der Waals surface area contributed by atoms with Crippen LogP contribution in [0.4, 0.5) is 13.2 Å². The van der Waals surface area contributed by atoms with Crippen LogP contribution in [0.3, 0.4) is 0 Å². The highest BCUT2D eigenvalue weighted by atomic mass is 19.4. The molecular formula is C11H14F3NO2. The lowest BCUT2D eigenvalue weighted by Gasteiger charge is -2.21. The van der Waals surface area contributed by atoms with Crippen molar-refractivity contribution >= 4 is 0 Å². The summed E-state index contributed by atoms with van der Waals surface area (Å²) in [7, 11) is 2.75. The monoisotopic (exact) mass is 249 g/mol. The van der Waals surface area contributed by atoms with Gasteiger partial charge < -0.3 is 15.2 Å². The molecule has 17 heavy (non-hydrogen) atoms. The third-order valence-corrected chi connectivity index (χ3v) is 2.41. The van der Waals surface area contributed by atoms with Gasteiger partial charge in [-0.1, -0.05) is 6.07 Å². The quantitative estimate of drug-likeness (QED) is 0.860. The van der Waals surface area contributed by atoms with E-state index in [1.165, 1.54) is 32.4 Å². The van der Waals surface area contributed by atoms with E-state index in [9.17, 15) is 18.3 Å². The number of phenolic OH excluding ortho intramolecular Hbond substituents is 1. The highest BCUT2D eigenvalue weighted by Gasteiger charge is 2.40. The Kier molecular flexibility index (Phi) is 4.22. The number of phenols is 1. The maximum absolute atomic E-state index is 12.8. The normalized spacial score (nSPS) is 13.5. The number of rotatable bonds is 4. The number of hydrogen-bond acceptors (Lipinski definition) is 3. The first-order valence-electron chi connectivity index (χ1n) is 4.98. The molecule has 1 rings (SSSR count). The van der Waals surface area contributed by atoms with Crippen molar-refractivity contribution in [2.24, 2.45) is 0 Å². The van der Waals surface area contributed by atoms with Gasteiger partial charge in [-0.25, -0.2) is 0 Å². The second-order valence-corrected chi connectivity index (χ2v) is 3.58. The number of ether oxygens (including phenoxy) is 1. The summed E-state index contributed by atoms with van der Waals surface area (Å²) in [6, 6.07) is 3.64. The Morgan fingerprint density at radius 2 is 2.06 bits per heavy atom. The van der Waals surface area contributed by atoms with Gasteiger partial charge in [0.1, 0.15) is 0 Å². The smallest absolute Gasteiger partial charge is 0.396 e. The fourth-order valence-electron chi connectivity index (χ4n) is 1.54. The van der Waals surface area contributed by atoms with Crippen LogP contribution in [-0.2, 0) is 0 Å². The number of benzene rings is 1. The molecule has 6 heteroatoms. The van der Waals surface area contributed by atoms with Crippen molar-refractivity contribution in [3.05, 3.63) is 23.8 Å². The number of aromatic hydroxyl groups is 1. The van der Waals surface area contributed by atoms with E-state index < -0.39 is 12.1 Å². The zero-order valence-electron chi connectivity index (χ0n) is 9.51. The second-order valence-electron chi connectivity index (χ2n) is 3.58. The summed E-state index contributed by atoms with van der Waals surface area (Å²) in [5, 5.41) is 11.8. The maximum Gasteiger partial charge on any atom is 0.396 e. The summed E-state index contributed by atoms with van der Waals surface area (Å²) in [5.74, 6) is -1.77. The number of nitrogens with one attached hydrogen (secondary N) is 1. The summed E-state index contributed by atoms with van der Waals surface area (Å²) in [4.78, 5) is 0. The van der Waals surface area contributed by atoms with Gasteiger partial charge in [-0.3, -0.25) is 0 Å². The lowest BCUT2D eigenvalue weighted by atomic mass is 9.98. The van der Waals surface area contributed by atoms with Crippen LogP contribution in [0.2, 0.25) is 0 Å². The van der Waals surface area contributed by atoms with Gasteiger partial charge in [-0.15, -0.1) is 0 Å². The van der Waals surface area contributed by atoms with Crippen LogP contribution in [0.5, 0.6) is 11.5 Å².